The van der Waals surface area contributed by atoms with Gasteiger partial charge in [-0.25, -0.2) is 0 Å². The van der Waals surface area contributed by atoms with Crippen molar-refractivity contribution in [3.8, 4) is 0 Å². The van der Waals surface area contributed by atoms with Crippen molar-refractivity contribution >= 4 is 34.6 Å². The molecule has 0 N–H and O–H groups in total. The van der Waals surface area contributed by atoms with E-state index in [4.69, 9.17) is 9.31 Å². The summed E-state index contributed by atoms with van der Waals surface area (Å²) in [5.74, 6) is 0. The van der Waals surface area contributed by atoms with Crippen LogP contribution < -0.4 is 0 Å². The first-order chi connectivity index (χ1) is 12.0. The van der Waals surface area contributed by atoms with Gasteiger partial charge in [0.2, 0.25) is 0 Å². The quantitative estimate of drug-likeness (QED) is 0.392. The van der Waals surface area contributed by atoms with Gasteiger partial charge in [0.1, 0.15) is 0 Å². The molecule has 0 aromatic heterocycles. The third-order valence-electron chi connectivity index (χ3n) is 4.04. The first kappa shape index (κ1) is 20.3. The van der Waals surface area contributed by atoms with Crippen molar-refractivity contribution in [1.82, 2.24) is 0 Å². The maximum atomic E-state index is 6.05. The van der Waals surface area contributed by atoms with Gasteiger partial charge in [-0.1, -0.05) is 0 Å². The molecule has 2 nitrogen and oxygen atoms in total. The van der Waals surface area contributed by atoms with Gasteiger partial charge in [0.15, 0.2) is 0 Å². The summed E-state index contributed by atoms with van der Waals surface area (Å²) in [4.78, 5) is 7.36. The Morgan fingerprint density at radius 2 is 1.20 bits per heavy atom. The molecular weight excluding hydrogens is 414 g/mol. The Labute approximate surface area is 157 Å². The van der Waals surface area contributed by atoms with Crippen molar-refractivity contribution in [2.24, 2.45) is 0 Å². The van der Waals surface area contributed by atoms with Crippen molar-refractivity contribution in [1.29, 1.82) is 0 Å². The molecule has 25 heavy (non-hydrogen) atoms. The average molecular weight is 443 g/mol. The van der Waals surface area contributed by atoms with Crippen LogP contribution in [0, 0.1) is 0 Å². The van der Waals surface area contributed by atoms with E-state index in [1.54, 1.807) is 0 Å². The summed E-state index contributed by atoms with van der Waals surface area (Å²) in [5.41, 5.74) is 3.70. The molecule has 2 aromatic carbocycles. The molecule has 2 rings (SSSR count). The standard InChI is InChI=1S/C18H20BO2.3CH3.Sn/c1-3-20-19(21-4-2)18(17-13-9-6-10-14-17)15-16-11-7-5-8-12-16;;;;/h5-14H,3-4H2,1-2H3;3*1H3;. The van der Waals surface area contributed by atoms with Crippen molar-refractivity contribution in [2.75, 3.05) is 13.2 Å². The predicted molar refractivity (Wildman–Crippen MR) is 112 cm³/mol. The van der Waals surface area contributed by atoms with Crippen molar-refractivity contribution in [3.05, 3.63) is 71.8 Å². The first-order valence-corrected chi connectivity index (χ1v) is 19.1. The Balaban J connectivity index is 2.77. The molecule has 0 amide bonds. The zero-order valence-electron chi connectivity index (χ0n) is 16.1. The molecule has 0 aliphatic carbocycles. The molecule has 0 spiro atoms. The van der Waals surface area contributed by atoms with Crippen molar-refractivity contribution in [2.45, 2.75) is 28.7 Å². The molecule has 132 valence electrons. The summed E-state index contributed by atoms with van der Waals surface area (Å²) in [7, 11) is -0.330. The Bertz CT molecular complexity index is 672. The fourth-order valence-electron chi connectivity index (χ4n) is 3.13. The van der Waals surface area contributed by atoms with Gasteiger partial charge in [-0.3, -0.25) is 0 Å². The minimum absolute atomic E-state index is 0.330. The van der Waals surface area contributed by atoms with E-state index in [2.05, 4.69) is 75.5 Å². The normalized spacial score (nSPS) is 12.7. The summed E-state index contributed by atoms with van der Waals surface area (Å²) in [5, 5.41) is 0. The second-order valence-electron chi connectivity index (χ2n) is 7.01. The molecule has 0 atom stereocenters. The van der Waals surface area contributed by atoms with Crippen LogP contribution in [-0.4, -0.2) is 38.7 Å². The molecule has 0 radical (unpaired) electrons. The fraction of sp³-hybridized carbons (Fsp3) is 0.333. The van der Waals surface area contributed by atoms with Crippen LogP contribution in [0.25, 0.3) is 9.06 Å². The molecular formula is C21H29BO2Sn. The molecule has 4 heteroatoms. The molecule has 0 unspecified atom stereocenters. The molecule has 2 aromatic rings. The van der Waals surface area contributed by atoms with E-state index in [9.17, 15) is 0 Å². The van der Waals surface area contributed by atoms with Gasteiger partial charge in [0.25, 0.3) is 0 Å². The van der Waals surface area contributed by atoms with E-state index in [0.29, 0.717) is 13.2 Å². The third kappa shape index (κ3) is 5.47. The summed E-state index contributed by atoms with van der Waals surface area (Å²) >= 11 is -2.50. The third-order valence-corrected chi connectivity index (χ3v) is 9.91. The van der Waals surface area contributed by atoms with Crippen LogP contribution in [0.4, 0.5) is 0 Å². The van der Waals surface area contributed by atoms with Gasteiger partial charge in [0, 0.05) is 0 Å². The van der Waals surface area contributed by atoms with Gasteiger partial charge in [0.05, 0.1) is 0 Å². The van der Waals surface area contributed by atoms with Crippen LogP contribution in [0.2, 0.25) is 14.8 Å². The molecule has 0 fully saturated rings. The monoisotopic (exact) mass is 444 g/mol. The average Bonchev–Trinajstić information content (AvgIpc) is 2.60. The van der Waals surface area contributed by atoms with E-state index in [0.717, 1.165) is 0 Å². The van der Waals surface area contributed by atoms with Crippen LogP contribution in [-0.2, 0) is 9.31 Å². The predicted octanol–water partition coefficient (Wildman–Crippen LogP) is 5.58. The van der Waals surface area contributed by atoms with E-state index in [1.165, 1.54) is 20.2 Å². The van der Waals surface area contributed by atoms with Gasteiger partial charge in [-0.05, 0) is 0 Å². The number of hydrogen-bond donors (Lipinski definition) is 0. The molecule has 0 aliphatic rings. The van der Waals surface area contributed by atoms with Gasteiger partial charge in [-0.15, -0.1) is 0 Å². The Hall–Kier alpha value is -1.04. The Kier molecular flexibility index (Phi) is 7.79. The van der Waals surface area contributed by atoms with Gasteiger partial charge < -0.3 is 0 Å². The zero-order chi connectivity index (χ0) is 18.3. The van der Waals surface area contributed by atoms with E-state index in [1.807, 2.05) is 13.8 Å². The summed E-state index contributed by atoms with van der Waals surface area (Å²) in [6.45, 7) is 5.31. The molecule has 0 heterocycles. The van der Waals surface area contributed by atoms with E-state index in [-0.39, 0.29) is 7.12 Å². The molecule has 0 aliphatic heterocycles. The second kappa shape index (κ2) is 9.60. The first-order valence-electron chi connectivity index (χ1n) is 9.07. The summed E-state index contributed by atoms with van der Waals surface area (Å²) in [6, 6.07) is 21.3. The number of rotatable bonds is 8. The second-order valence-corrected chi connectivity index (χ2v) is 21.3. The van der Waals surface area contributed by atoms with Crippen molar-refractivity contribution < 1.29 is 9.31 Å². The van der Waals surface area contributed by atoms with Gasteiger partial charge >= 0.3 is 158 Å². The number of hydrogen-bond acceptors (Lipinski definition) is 2. The zero-order valence-corrected chi connectivity index (χ0v) is 18.9. The molecule has 0 saturated carbocycles. The Morgan fingerprint density at radius 1 is 0.760 bits per heavy atom. The number of benzene rings is 2. The molecule has 0 bridgehead atoms. The van der Waals surface area contributed by atoms with Crippen LogP contribution in [0.3, 0.4) is 0 Å². The minimum atomic E-state index is -2.50. The summed E-state index contributed by atoms with van der Waals surface area (Å²) < 4.78 is 13.6. The van der Waals surface area contributed by atoms with Crippen LogP contribution in [0.15, 0.2) is 60.7 Å². The van der Waals surface area contributed by atoms with Crippen LogP contribution in [0.1, 0.15) is 25.0 Å². The van der Waals surface area contributed by atoms with Gasteiger partial charge in [-0.2, -0.15) is 0 Å². The SMILES string of the molecule is CCOB(OCC)/C(=[C](/c1ccccc1)[Sn]([CH3])([CH3])[CH3])c1ccccc1. The molecule has 0 saturated heterocycles. The maximum absolute atomic E-state index is 6.05. The van der Waals surface area contributed by atoms with E-state index < -0.39 is 18.4 Å². The summed E-state index contributed by atoms with van der Waals surface area (Å²) in [6.07, 6.45) is 0. The van der Waals surface area contributed by atoms with Crippen LogP contribution >= 0.6 is 0 Å². The topological polar surface area (TPSA) is 18.5 Å². The Morgan fingerprint density at radius 3 is 1.60 bits per heavy atom. The van der Waals surface area contributed by atoms with Crippen LogP contribution in [0.5, 0.6) is 0 Å². The van der Waals surface area contributed by atoms with Crippen molar-refractivity contribution in [3.63, 3.8) is 0 Å². The van der Waals surface area contributed by atoms with E-state index >= 15 is 0 Å². The fourth-order valence-corrected chi connectivity index (χ4v) is 9.13.